The van der Waals surface area contributed by atoms with E-state index >= 15 is 0 Å². The zero-order chi connectivity index (χ0) is 16.8. The lowest BCUT2D eigenvalue weighted by atomic mass is 10.1. The normalized spacial score (nSPS) is 17.8. The maximum atomic E-state index is 12.4. The molecule has 1 aromatic carbocycles. The summed E-state index contributed by atoms with van der Waals surface area (Å²) in [7, 11) is 6.75. The summed E-state index contributed by atoms with van der Waals surface area (Å²) in [5.74, 6) is 1.31. The van der Waals surface area contributed by atoms with Gasteiger partial charge in [-0.2, -0.15) is 0 Å². The lowest BCUT2D eigenvalue weighted by molar-refractivity contribution is 0.0949. The molecule has 1 fully saturated rings. The topological polar surface area (TPSA) is 60.0 Å². The van der Waals surface area contributed by atoms with E-state index in [4.69, 9.17) is 14.2 Å². The van der Waals surface area contributed by atoms with Gasteiger partial charge in [-0.05, 0) is 45.0 Å². The third-order valence-corrected chi connectivity index (χ3v) is 4.36. The molecule has 23 heavy (non-hydrogen) atoms. The zero-order valence-electron chi connectivity index (χ0n) is 14.3. The molecule has 2 rings (SSSR count). The Morgan fingerprint density at radius 2 is 1.87 bits per heavy atom. The van der Waals surface area contributed by atoms with Gasteiger partial charge >= 0.3 is 0 Å². The third kappa shape index (κ3) is 4.07. The van der Waals surface area contributed by atoms with E-state index in [1.54, 1.807) is 12.1 Å². The fourth-order valence-corrected chi connectivity index (χ4v) is 3.01. The Morgan fingerprint density at radius 1 is 1.22 bits per heavy atom. The van der Waals surface area contributed by atoms with E-state index in [1.807, 2.05) is 0 Å². The SMILES string of the molecule is COc1cc(C(=O)NCCC2CCCN2C)cc(OC)c1OC. The largest absolute Gasteiger partial charge is 0.493 e. The van der Waals surface area contributed by atoms with Gasteiger partial charge in [0.1, 0.15) is 0 Å². The summed E-state index contributed by atoms with van der Waals surface area (Å²) in [6.07, 6.45) is 3.41. The van der Waals surface area contributed by atoms with E-state index in [-0.39, 0.29) is 5.91 Å². The van der Waals surface area contributed by atoms with Gasteiger partial charge in [0.2, 0.25) is 5.75 Å². The lowest BCUT2D eigenvalue weighted by Gasteiger charge is -2.19. The number of carbonyl (C=O) groups excluding carboxylic acids is 1. The molecule has 0 aliphatic carbocycles. The van der Waals surface area contributed by atoms with Crippen molar-refractivity contribution in [3.63, 3.8) is 0 Å². The molecule has 128 valence electrons. The molecule has 6 heteroatoms. The first-order valence-electron chi connectivity index (χ1n) is 7.89. The molecule has 1 heterocycles. The molecular formula is C17H26N2O4. The van der Waals surface area contributed by atoms with E-state index < -0.39 is 0 Å². The van der Waals surface area contributed by atoms with Crippen molar-refractivity contribution in [2.24, 2.45) is 0 Å². The van der Waals surface area contributed by atoms with Gasteiger partial charge in [-0.3, -0.25) is 4.79 Å². The summed E-state index contributed by atoms with van der Waals surface area (Å²) in [5, 5.41) is 2.97. The molecule has 1 N–H and O–H groups in total. The van der Waals surface area contributed by atoms with E-state index in [1.165, 1.54) is 34.2 Å². The molecule has 1 amide bonds. The highest BCUT2D eigenvalue weighted by Gasteiger charge is 2.21. The molecule has 1 saturated heterocycles. The Bertz CT molecular complexity index is 522. The molecule has 1 unspecified atom stereocenters. The number of hydrogen-bond acceptors (Lipinski definition) is 5. The van der Waals surface area contributed by atoms with Crippen LogP contribution >= 0.6 is 0 Å². The first-order valence-corrected chi connectivity index (χ1v) is 7.89. The molecule has 0 spiro atoms. The number of nitrogens with one attached hydrogen (secondary N) is 1. The number of methoxy groups -OCH3 is 3. The Hall–Kier alpha value is -1.95. The second kappa shape index (κ2) is 8.06. The van der Waals surface area contributed by atoms with Crippen LogP contribution in [0.3, 0.4) is 0 Å². The van der Waals surface area contributed by atoms with Gasteiger partial charge in [-0.15, -0.1) is 0 Å². The zero-order valence-corrected chi connectivity index (χ0v) is 14.3. The summed E-state index contributed by atoms with van der Waals surface area (Å²) in [5.41, 5.74) is 0.499. The molecule has 0 bridgehead atoms. The third-order valence-electron chi connectivity index (χ3n) is 4.36. The summed E-state index contributed by atoms with van der Waals surface area (Å²) in [4.78, 5) is 14.7. The summed E-state index contributed by atoms with van der Waals surface area (Å²) < 4.78 is 15.8. The van der Waals surface area contributed by atoms with Crippen molar-refractivity contribution in [1.82, 2.24) is 10.2 Å². The quantitative estimate of drug-likeness (QED) is 0.831. The molecule has 1 aromatic rings. The molecule has 1 atom stereocenters. The second-order valence-electron chi connectivity index (χ2n) is 5.74. The Morgan fingerprint density at radius 3 is 2.35 bits per heavy atom. The highest BCUT2D eigenvalue weighted by Crippen LogP contribution is 2.38. The van der Waals surface area contributed by atoms with Crippen LogP contribution in [0.5, 0.6) is 17.2 Å². The van der Waals surface area contributed by atoms with Gasteiger partial charge in [-0.1, -0.05) is 0 Å². The number of hydrogen-bond donors (Lipinski definition) is 1. The molecule has 0 radical (unpaired) electrons. The summed E-state index contributed by atoms with van der Waals surface area (Å²) >= 11 is 0. The van der Waals surface area contributed by atoms with Crippen molar-refractivity contribution in [3.05, 3.63) is 17.7 Å². The Balaban J connectivity index is 2.01. The van der Waals surface area contributed by atoms with Crippen molar-refractivity contribution in [3.8, 4) is 17.2 Å². The van der Waals surface area contributed by atoms with Crippen molar-refractivity contribution >= 4 is 5.91 Å². The monoisotopic (exact) mass is 322 g/mol. The van der Waals surface area contributed by atoms with Crippen molar-refractivity contribution < 1.29 is 19.0 Å². The molecule has 6 nitrogen and oxygen atoms in total. The summed E-state index contributed by atoms with van der Waals surface area (Å²) in [6.45, 7) is 1.80. The van der Waals surface area contributed by atoms with Crippen LogP contribution in [0.15, 0.2) is 12.1 Å². The van der Waals surface area contributed by atoms with Gasteiger partial charge in [0, 0.05) is 18.2 Å². The number of carbonyl (C=O) groups is 1. The van der Waals surface area contributed by atoms with Crippen LogP contribution in [-0.2, 0) is 0 Å². The van der Waals surface area contributed by atoms with E-state index in [9.17, 15) is 4.79 Å². The van der Waals surface area contributed by atoms with Crippen LogP contribution < -0.4 is 19.5 Å². The Kier molecular flexibility index (Phi) is 6.10. The van der Waals surface area contributed by atoms with E-state index in [0.29, 0.717) is 35.4 Å². The first-order chi connectivity index (χ1) is 11.1. The number of nitrogens with zero attached hydrogens (tertiary/aromatic N) is 1. The highest BCUT2D eigenvalue weighted by atomic mass is 16.5. The minimum atomic E-state index is -0.134. The maximum absolute atomic E-state index is 12.4. The predicted molar refractivity (Wildman–Crippen MR) is 88.7 cm³/mol. The second-order valence-corrected chi connectivity index (χ2v) is 5.74. The Labute approximate surface area is 137 Å². The van der Waals surface area contributed by atoms with Gasteiger partial charge in [0.05, 0.1) is 21.3 Å². The maximum Gasteiger partial charge on any atom is 0.251 e. The van der Waals surface area contributed by atoms with Gasteiger partial charge in [0.25, 0.3) is 5.91 Å². The van der Waals surface area contributed by atoms with Gasteiger partial charge < -0.3 is 24.4 Å². The minimum Gasteiger partial charge on any atom is -0.493 e. The average Bonchev–Trinajstić information content (AvgIpc) is 2.98. The minimum absolute atomic E-state index is 0.134. The number of rotatable bonds is 7. The fraction of sp³-hybridized carbons (Fsp3) is 0.588. The fourth-order valence-electron chi connectivity index (χ4n) is 3.01. The highest BCUT2D eigenvalue weighted by molar-refractivity contribution is 5.95. The molecular weight excluding hydrogens is 296 g/mol. The van der Waals surface area contributed by atoms with E-state index in [0.717, 1.165) is 13.0 Å². The van der Waals surface area contributed by atoms with Crippen LogP contribution in [0.25, 0.3) is 0 Å². The number of ether oxygens (including phenoxy) is 3. The molecule has 0 aromatic heterocycles. The van der Waals surface area contributed by atoms with Gasteiger partial charge in [-0.25, -0.2) is 0 Å². The predicted octanol–water partition coefficient (Wildman–Crippen LogP) is 1.93. The van der Waals surface area contributed by atoms with Crippen LogP contribution in [0, 0.1) is 0 Å². The molecule has 0 saturated carbocycles. The lowest BCUT2D eigenvalue weighted by Crippen LogP contribution is -2.31. The van der Waals surface area contributed by atoms with Crippen LogP contribution in [0.4, 0.5) is 0 Å². The van der Waals surface area contributed by atoms with Crippen LogP contribution in [0.1, 0.15) is 29.6 Å². The molecule has 1 aliphatic rings. The summed E-state index contributed by atoms with van der Waals surface area (Å²) in [6, 6.07) is 3.90. The van der Waals surface area contributed by atoms with Crippen LogP contribution in [-0.4, -0.2) is 58.3 Å². The van der Waals surface area contributed by atoms with Gasteiger partial charge in [0.15, 0.2) is 11.5 Å². The first kappa shape index (κ1) is 17.4. The molecule has 1 aliphatic heterocycles. The number of amides is 1. The average molecular weight is 322 g/mol. The van der Waals surface area contributed by atoms with Crippen molar-refractivity contribution in [2.75, 3.05) is 41.5 Å². The number of benzene rings is 1. The van der Waals surface area contributed by atoms with E-state index in [2.05, 4.69) is 17.3 Å². The van der Waals surface area contributed by atoms with Crippen molar-refractivity contribution in [1.29, 1.82) is 0 Å². The van der Waals surface area contributed by atoms with Crippen LogP contribution in [0.2, 0.25) is 0 Å². The standard InChI is InChI=1S/C17H26N2O4/c1-19-9-5-6-13(19)7-8-18-17(20)12-10-14(21-2)16(23-4)15(11-12)22-3/h10-11,13H,5-9H2,1-4H3,(H,18,20). The number of likely N-dealkylation sites (tertiary alicyclic amines) is 1. The van der Waals surface area contributed by atoms with Crippen molar-refractivity contribution in [2.45, 2.75) is 25.3 Å². The smallest absolute Gasteiger partial charge is 0.251 e.